The molecule has 5 nitrogen and oxygen atoms in total. The summed E-state index contributed by atoms with van der Waals surface area (Å²) in [4.78, 5) is 25.3. The van der Waals surface area contributed by atoms with E-state index >= 15 is 0 Å². The summed E-state index contributed by atoms with van der Waals surface area (Å²) in [5.41, 5.74) is 2.22. The second kappa shape index (κ2) is 6.62. The number of carbonyl (C=O) groups is 2. The molecule has 0 aliphatic carbocycles. The van der Waals surface area contributed by atoms with Gasteiger partial charge in [-0.15, -0.1) is 11.3 Å². The minimum Gasteiger partial charge on any atom is -0.495 e. The van der Waals surface area contributed by atoms with Crippen LogP contribution in [0.15, 0.2) is 24.3 Å². The summed E-state index contributed by atoms with van der Waals surface area (Å²) in [6.45, 7) is 5.38. The molecule has 6 heteroatoms. The number of thiophene rings is 1. The predicted octanol–water partition coefficient (Wildman–Crippen LogP) is 3.58. The number of nitrogens with one attached hydrogen (secondary N) is 2. The molecular formula is C16H18N2O3S. The smallest absolute Gasteiger partial charge is 0.265 e. The highest BCUT2D eigenvalue weighted by atomic mass is 32.1. The molecule has 0 bridgehead atoms. The Hall–Kier alpha value is -2.34. The SMILES string of the molecule is COc1ccc(NC(=O)c2cc(C)c(C)s2)cc1NC(C)=O. The van der Waals surface area contributed by atoms with Crippen molar-refractivity contribution >= 4 is 34.5 Å². The highest BCUT2D eigenvalue weighted by Gasteiger charge is 2.12. The zero-order chi connectivity index (χ0) is 16.3. The van der Waals surface area contributed by atoms with Crippen molar-refractivity contribution in [1.82, 2.24) is 0 Å². The van der Waals surface area contributed by atoms with Gasteiger partial charge in [0, 0.05) is 17.5 Å². The Bertz CT molecular complexity index is 703. The molecule has 1 heterocycles. The molecule has 0 unspecified atom stereocenters. The van der Waals surface area contributed by atoms with E-state index in [0.717, 1.165) is 10.4 Å². The maximum absolute atomic E-state index is 12.2. The van der Waals surface area contributed by atoms with Crippen molar-refractivity contribution < 1.29 is 14.3 Å². The van der Waals surface area contributed by atoms with Gasteiger partial charge < -0.3 is 15.4 Å². The quantitative estimate of drug-likeness (QED) is 0.905. The largest absolute Gasteiger partial charge is 0.495 e. The number of methoxy groups -OCH3 is 1. The van der Waals surface area contributed by atoms with Gasteiger partial charge in [-0.2, -0.15) is 0 Å². The van der Waals surface area contributed by atoms with Crippen LogP contribution in [0.25, 0.3) is 0 Å². The summed E-state index contributed by atoms with van der Waals surface area (Å²) in [7, 11) is 1.52. The van der Waals surface area contributed by atoms with Crippen molar-refractivity contribution in [3.8, 4) is 5.75 Å². The first-order valence-electron chi connectivity index (χ1n) is 6.74. The Kier molecular flexibility index (Phi) is 4.82. The molecule has 0 saturated heterocycles. The van der Waals surface area contributed by atoms with Gasteiger partial charge in [-0.05, 0) is 43.7 Å². The fourth-order valence-corrected chi connectivity index (χ4v) is 2.88. The molecule has 1 aromatic carbocycles. The monoisotopic (exact) mass is 318 g/mol. The molecular weight excluding hydrogens is 300 g/mol. The van der Waals surface area contributed by atoms with Crippen LogP contribution in [0.1, 0.15) is 27.0 Å². The Balaban J connectivity index is 2.22. The third-order valence-corrected chi connectivity index (χ3v) is 4.31. The van der Waals surface area contributed by atoms with E-state index in [1.165, 1.54) is 25.4 Å². The van der Waals surface area contributed by atoms with Gasteiger partial charge in [-0.25, -0.2) is 0 Å². The molecule has 0 spiro atoms. The van der Waals surface area contributed by atoms with E-state index in [9.17, 15) is 9.59 Å². The predicted molar refractivity (Wildman–Crippen MR) is 89.0 cm³/mol. The number of benzene rings is 1. The molecule has 0 radical (unpaired) electrons. The Morgan fingerprint density at radius 1 is 1.14 bits per heavy atom. The third-order valence-electron chi connectivity index (χ3n) is 3.16. The maximum Gasteiger partial charge on any atom is 0.265 e. The number of ether oxygens (including phenoxy) is 1. The van der Waals surface area contributed by atoms with Crippen LogP contribution in [0.2, 0.25) is 0 Å². The minimum atomic E-state index is -0.203. The minimum absolute atomic E-state index is 0.167. The van der Waals surface area contributed by atoms with Crippen molar-refractivity contribution in [3.05, 3.63) is 39.6 Å². The molecule has 2 N–H and O–H groups in total. The average Bonchev–Trinajstić information content (AvgIpc) is 2.78. The summed E-state index contributed by atoms with van der Waals surface area (Å²) in [5, 5.41) is 5.51. The van der Waals surface area contributed by atoms with Gasteiger partial charge >= 0.3 is 0 Å². The fourth-order valence-electron chi connectivity index (χ4n) is 1.95. The molecule has 2 rings (SSSR count). The molecule has 0 atom stereocenters. The van der Waals surface area contributed by atoms with Gasteiger partial charge in [-0.3, -0.25) is 9.59 Å². The average molecular weight is 318 g/mol. The van der Waals surface area contributed by atoms with Crippen LogP contribution in [0.4, 0.5) is 11.4 Å². The lowest BCUT2D eigenvalue weighted by molar-refractivity contribution is -0.114. The Labute approximate surface area is 133 Å². The first-order chi connectivity index (χ1) is 10.4. The van der Waals surface area contributed by atoms with Gasteiger partial charge in [0.15, 0.2) is 0 Å². The highest BCUT2D eigenvalue weighted by molar-refractivity contribution is 7.14. The van der Waals surface area contributed by atoms with Crippen molar-refractivity contribution in [3.63, 3.8) is 0 Å². The van der Waals surface area contributed by atoms with E-state index in [0.29, 0.717) is 22.0 Å². The molecule has 116 valence electrons. The van der Waals surface area contributed by atoms with Gasteiger partial charge in [0.2, 0.25) is 5.91 Å². The zero-order valence-corrected chi connectivity index (χ0v) is 13.8. The molecule has 1 aromatic heterocycles. The maximum atomic E-state index is 12.2. The fraction of sp³-hybridized carbons (Fsp3) is 0.250. The van der Waals surface area contributed by atoms with Crippen LogP contribution in [0, 0.1) is 13.8 Å². The molecule has 0 saturated carbocycles. The second-order valence-corrected chi connectivity index (χ2v) is 6.16. The molecule has 2 amide bonds. The number of hydrogen-bond acceptors (Lipinski definition) is 4. The summed E-state index contributed by atoms with van der Waals surface area (Å²) in [6.07, 6.45) is 0. The normalized spacial score (nSPS) is 10.2. The second-order valence-electron chi connectivity index (χ2n) is 4.90. The number of amides is 2. The highest BCUT2D eigenvalue weighted by Crippen LogP contribution is 2.28. The van der Waals surface area contributed by atoms with E-state index in [4.69, 9.17) is 4.74 Å². The number of rotatable bonds is 4. The van der Waals surface area contributed by atoms with Gasteiger partial charge in [0.05, 0.1) is 17.7 Å². The molecule has 2 aromatic rings. The lowest BCUT2D eigenvalue weighted by Crippen LogP contribution is -2.12. The summed E-state index contributed by atoms with van der Waals surface area (Å²) in [6, 6.07) is 6.97. The molecule has 0 aliphatic heterocycles. The van der Waals surface area contributed by atoms with E-state index in [2.05, 4.69) is 10.6 Å². The van der Waals surface area contributed by atoms with Gasteiger partial charge in [0.1, 0.15) is 5.75 Å². The first kappa shape index (κ1) is 16.0. The zero-order valence-electron chi connectivity index (χ0n) is 12.9. The summed E-state index contributed by atoms with van der Waals surface area (Å²) >= 11 is 1.46. The van der Waals surface area contributed by atoms with Gasteiger partial charge in [0.25, 0.3) is 5.91 Å². The van der Waals surface area contributed by atoms with Crippen LogP contribution in [0.3, 0.4) is 0 Å². The summed E-state index contributed by atoms with van der Waals surface area (Å²) < 4.78 is 5.18. The van der Waals surface area contributed by atoms with Gasteiger partial charge in [-0.1, -0.05) is 0 Å². The lowest BCUT2D eigenvalue weighted by atomic mass is 10.2. The summed E-state index contributed by atoms with van der Waals surface area (Å²) in [5.74, 6) is 0.169. The molecule has 0 aliphatic rings. The molecule has 22 heavy (non-hydrogen) atoms. The van der Waals surface area contributed by atoms with Crippen LogP contribution >= 0.6 is 11.3 Å². The van der Waals surface area contributed by atoms with E-state index in [1.807, 2.05) is 19.9 Å². The van der Waals surface area contributed by atoms with Crippen LogP contribution in [-0.2, 0) is 4.79 Å². The van der Waals surface area contributed by atoms with E-state index in [1.54, 1.807) is 18.2 Å². The number of hydrogen-bond donors (Lipinski definition) is 2. The first-order valence-corrected chi connectivity index (χ1v) is 7.56. The number of aryl methyl sites for hydroxylation is 2. The lowest BCUT2D eigenvalue weighted by Gasteiger charge is -2.11. The number of carbonyl (C=O) groups excluding carboxylic acids is 2. The molecule has 0 fully saturated rings. The van der Waals surface area contributed by atoms with Crippen molar-refractivity contribution in [2.45, 2.75) is 20.8 Å². The van der Waals surface area contributed by atoms with Crippen molar-refractivity contribution in [2.75, 3.05) is 17.7 Å². The van der Waals surface area contributed by atoms with Crippen LogP contribution in [-0.4, -0.2) is 18.9 Å². The third kappa shape index (κ3) is 3.65. The van der Waals surface area contributed by atoms with E-state index in [-0.39, 0.29) is 11.8 Å². The van der Waals surface area contributed by atoms with Crippen molar-refractivity contribution in [2.24, 2.45) is 0 Å². The van der Waals surface area contributed by atoms with Crippen molar-refractivity contribution in [1.29, 1.82) is 0 Å². The standard InChI is InChI=1S/C16H18N2O3S/c1-9-7-15(22-10(9)2)16(20)18-12-5-6-14(21-4)13(8-12)17-11(3)19/h5-8H,1-4H3,(H,17,19)(H,18,20). The Morgan fingerprint density at radius 2 is 1.86 bits per heavy atom. The Morgan fingerprint density at radius 3 is 2.41 bits per heavy atom. The van der Waals surface area contributed by atoms with Crippen LogP contribution in [0.5, 0.6) is 5.75 Å². The van der Waals surface area contributed by atoms with E-state index < -0.39 is 0 Å². The number of anilines is 2. The topological polar surface area (TPSA) is 67.4 Å². The van der Waals surface area contributed by atoms with Crippen LogP contribution < -0.4 is 15.4 Å².